The smallest absolute Gasteiger partial charge is 0.243 e. The van der Waals surface area contributed by atoms with Gasteiger partial charge in [0, 0.05) is 13.1 Å². The molecule has 1 unspecified atom stereocenters. The maximum atomic E-state index is 12.4. The van der Waals surface area contributed by atoms with Gasteiger partial charge in [0.25, 0.3) is 0 Å². The van der Waals surface area contributed by atoms with E-state index in [1.54, 1.807) is 6.07 Å². The summed E-state index contributed by atoms with van der Waals surface area (Å²) in [5.41, 5.74) is 0. The Labute approximate surface area is 136 Å². The molecule has 0 radical (unpaired) electrons. The Balaban J connectivity index is 2.05. The molecule has 1 aromatic rings. The van der Waals surface area contributed by atoms with Crippen molar-refractivity contribution in [2.45, 2.75) is 24.7 Å². The number of nitrogens with one attached hydrogen (secondary N) is 1. The summed E-state index contributed by atoms with van der Waals surface area (Å²) in [5.74, 6) is 0.328. The molecule has 21 heavy (non-hydrogen) atoms. The Morgan fingerprint density at radius 3 is 2.62 bits per heavy atom. The number of piperidine rings is 1. The Kier molecular flexibility index (Phi) is 5.91. The minimum atomic E-state index is -3.68. The van der Waals surface area contributed by atoms with Gasteiger partial charge in [0.05, 0.1) is 10.0 Å². The molecule has 0 spiro atoms. The minimum absolute atomic E-state index is 0.0310. The highest BCUT2D eigenvalue weighted by molar-refractivity contribution is 7.89. The van der Waals surface area contributed by atoms with E-state index in [1.165, 1.54) is 12.1 Å². The monoisotopic (exact) mass is 350 g/mol. The van der Waals surface area contributed by atoms with Gasteiger partial charge in [-0.1, -0.05) is 36.2 Å². The number of sulfonamides is 1. The normalized spacial score (nSPS) is 20.6. The van der Waals surface area contributed by atoms with Gasteiger partial charge in [-0.25, -0.2) is 13.1 Å². The van der Waals surface area contributed by atoms with E-state index in [1.807, 2.05) is 0 Å². The van der Waals surface area contributed by atoms with Crippen molar-refractivity contribution in [3.8, 4) is 0 Å². The molecule has 4 nitrogen and oxygen atoms in total. The molecule has 0 saturated carbocycles. The number of hydrogen-bond donors (Lipinski definition) is 1. The Hall–Kier alpha value is -0.330. The third-order valence-corrected chi connectivity index (χ3v) is 6.18. The quantitative estimate of drug-likeness (QED) is 0.887. The Morgan fingerprint density at radius 1 is 1.33 bits per heavy atom. The summed E-state index contributed by atoms with van der Waals surface area (Å²) in [6.07, 6.45) is 2.14. The lowest BCUT2D eigenvalue weighted by Gasteiger charge is -2.31. The number of likely N-dealkylation sites (tertiary alicyclic amines) is 1. The first kappa shape index (κ1) is 17.0. The van der Waals surface area contributed by atoms with Gasteiger partial charge >= 0.3 is 0 Å². The zero-order valence-electron chi connectivity index (χ0n) is 12.0. The highest BCUT2D eigenvalue weighted by atomic mass is 35.5. The van der Waals surface area contributed by atoms with Crippen LogP contribution in [0.5, 0.6) is 0 Å². The fraction of sp³-hybridized carbons (Fsp3) is 0.571. The zero-order valence-corrected chi connectivity index (χ0v) is 14.3. The van der Waals surface area contributed by atoms with E-state index in [2.05, 4.69) is 16.5 Å². The molecule has 0 bridgehead atoms. The van der Waals surface area contributed by atoms with E-state index in [4.69, 9.17) is 23.2 Å². The van der Waals surface area contributed by atoms with Crippen molar-refractivity contribution in [1.29, 1.82) is 0 Å². The molecule has 1 atom stereocenters. The van der Waals surface area contributed by atoms with Gasteiger partial charge in [-0.3, -0.25) is 0 Å². The van der Waals surface area contributed by atoms with E-state index < -0.39 is 10.0 Å². The number of benzene rings is 1. The van der Waals surface area contributed by atoms with Gasteiger partial charge in [-0.15, -0.1) is 0 Å². The number of nitrogens with zero attached hydrogens (tertiary/aromatic N) is 1. The second-order valence-electron chi connectivity index (χ2n) is 5.30. The molecule has 1 fully saturated rings. The summed E-state index contributed by atoms with van der Waals surface area (Å²) in [6.45, 7) is 5.56. The van der Waals surface area contributed by atoms with Gasteiger partial charge in [-0.2, -0.15) is 0 Å². The molecule has 1 saturated heterocycles. The van der Waals surface area contributed by atoms with Crippen molar-refractivity contribution in [3.05, 3.63) is 28.2 Å². The van der Waals surface area contributed by atoms with Crippen LogP contribution in [0.4, 0.5) is 0 Å². The summed E-state index contributed by atoms with van der Waals surface area (Å²) in [4.78, 5) is 2.31. The minimum Gasteiger partial charge on any atom is -0.303 e. The van der Waals surface area contributed by atoms with E-state index in [-0.39, 0.29) is 14.9 Å². The average molecular weight is 351 g/mol. The van der Waals surface area contributed by atoms with Gasteiger partial charge in [-0.05, 0) is 44.0 Å². The van der Waals surface area contributed by atoms with Crippen LogP contribution in [0.1, 0.15) is 19.8 Å². The van der Waals surface area contributed by atoms with E-state index in [9.17, 15) is 8.42 Å². The van der Waals surface area contributed by atoms with Crippen LogP contribution in [0.15, 0.2) is 23.1 Å². The number of halogens is 2. The predicted octanol–water partition coefficient (Wildman–Crippen LogP) is 3.00. The molecule has 1 aliphatic heterocycles. The molecule has 1 heterocycles. The molecule has 0 aliphatic carbocycles. The van der Waals surface area contributed by atoms with Crippen molar-refractivity contribution in [3.63, 3.8) is 0 Å². The van der Waals surface area contributed by atoms with E-state index in [0.29, 0.717) is 12.5 Å². The standard InChI is InChI=1S/C14H20Cl2N2O2S/c1-2-18-8-4-5-11(10-18)9-17-21(19,20)14-12(15)6-3-7-13(14)16/h3,6-7,11,17H,2,4-5,8-10H2,1H3. The molecule has 1 aliphatic rings. The Morgan fingerprint density at radius 2 is 2.00 bits per heavy atom. The first-order valence-corrected chi connectivity index (χ1v) is 9.34. The average Bonchev–Trinajstić information content (AvgIpc) is 2.45. The molecule has 0 amide bonds. The zero-order chi connectivity index (χ0) is 15.5. The summed E-state index contributed by atoms with van der Waals surface area (Å²) >= 11 is 11.9. The lowest BCUT2D eigenvalue weighted by molar-refractivity contribution is 0.184. The van der Waals surface area contributed by atoms with E-state index >= 15 is 0 Å². The van der Waals surface area contributed by atoms with E-state index in [0.717, 1.165) is 32.5 Å². The lowest BCUT2D eigenvalue weighted by Crippen LogP contribution is -2.40. The Bertz CT molecular complexity index is 572. The predicted molar refractivity (Wildman–Crippen MR) is 86.5 cm³/mol. The fourth-order valence-corrected chi connectivity index (χ4v) is 4.90. The molecule has 7 heteroatoms. The first-order valence-electron chi connectivity index (χ1n) is 7.10. The van der Waals surface area contributed by atoms with Crippen LogP contribution in [0.3, 0.4) is 0 Å². The van der Waals surface area contributed by atoms with Crippen molar-refractivity contribution in [1.82, 2.24) is 9.62 Å². The second-order valence-corrected chi connectivity index (χ2v) is 7.82. The van der Waals surface area contributed by atoms with Gasteiger partial charge in [0.15, 0.2) is 0 Å². The number of rotatable bonds is 5. The third-order valence-electron chi connectivity index (χ3n) is 3.80. The second kappa shape index (κ2) is 7.29. The first-order chi connectivity index (χ1) is 9.94. The van der Waals surface area contributed by atoms with Gasteiger partial charge in [0.2, 0.25) is 10.0 Å². The summed E-state index contributed by atoms with van der Waals surface area (Å²) in [5, 5.41) is 0.294. The third kappa shape index (κ3) is 4.33. The lowest BCUT2D eigenvalue weighted by atomic mass is 9.98. The van der Waals surface area contributed by atoms with Crippen LogP contribution in [0.2, 0.25) is 10.0 Å². The summed E-state index contributed by atoms with van der Waals surface area (Å²) in [6, 6.07) is 4.69. The largest absolute Gasteiger partial charge is 0.303 e. The molecular weight excluding hydrogens is 331 g/mol. The molecule has 1 N–H and O–H groups in total. The fourth-order valence-electron chi connectivity index (χ4n) is 2.64. The molecular formula is C14H20Cl2N2O2S. The summed E-state index contributed by atoms with van der Waals surface area (Å²) in [7, 11) is -3.68. The SMILES string of the molecule is CCN1CCCC(CNS(=O)(=O)c2c(Cl)cccc2Cl)C1. The highest BCUT2D eigenvalue weighted by Gasteiger charge is 2.24. The topological polar surface area (TPSA) is 49.4 Å². The van der Waals surface area contributed by atoms with Gasteiger partial charge < -0.3 is 4.90 Å². The van der Waals surface area contributed by atoms with Crippen molar-refractivity contribution < 1.29 is 8.42 Å². The van der Waals surface area contributed by atoms with Crippen LogP contribution in [-0.2, 0) is 10.0 Å². The molecule has 118 valence electrons. The molecule has 2 rings (SSSR count). The van der Waals surface area contributed by atoms with Crippen LogP contribution in [-0.4, -0.2) is 39.5 Å². The van der Waals surface area contributed by atoms with Crippen molar-refractivity contribution >= 4 is 33.2 Å². The van der Waals surface area contributed by atoms with Crippen LogP contribution in [0, 0.1) is 5.92 Å². The van der Waals surface area contributed by atoms with Gasteiger partial charge in [0.1, 0.15) is 4.90 Å². The maximum absolute atomic E-state index is 12.4. The summed E-state index contributed by atoms with van der Waals surface area (Å²) < 4.78 is 27.4. The van der Waals surface area contributed by atoms with Crippen molar-refractivity contribution in [2.75, 3.05) is 26.2 Å². The number of hydrogen-bond acceptors (Lipinski definition) is 3. The van der Waals surface area contributed by atoms with Crippen molar-refractivity contribution in [2.24, 2.45) is 5.92 Å². The van der Waals surface area contributed by atoms with Crippen LogP contribution in [0.25, 0.3) is 0 Å². The van der Waals surface area contributed by atoms with Crippen LogP contribution >= 0.6 is 23.2 Å². The highest BCUT2D eigenvalue weighted by Crippen LogP contribution is 2.29. The van der Waals surface area contributed by atoms with Crippen LogP contribution < -0.4 is 4.72 Å². The maximum Gasteiger partial charge on any atom is 0.243 e. The molecule has 1 aromatic carbocycles. The molecule has 0 aromatic heterocycles.